The summed E-state index contributed by atoms with van der Waals surface area (Å²) < 4.78 is 4.99. The minimum Gasteiger partial charge on any atom is -0.497 e. The number of hydrogen-bond acceptors (Lipinski definition) is 3. The van der Waals surface area contributed by atoms with Crippen molar-refractivity contribution in [1.82, 2.24) is 5.32 Å². The summed E-state index contributed by atoms with van der Waals surface area (Å²) in [5.74, 6) is -0.607. The van der Waals surface area contributed by atoms with Crippen molar-refractivity contribution < 1.29 is 19.4 Å². The molecule has 0 unspecified atom stereocenters. The number of carboxylic acids is 1. The van der Waals surface area contributed by atoms with Gasteiger partial charge in [0.05, 0.1) is 7.11 Å². The van der Waals surface area contributed by atoms with Crippen molar-refractivity contribution in [3.63, 3.8) is 0 Å². The van der Waals surface area contributed by atoms with Crippen LogP contribution in [0, 0.1) is 5.92 Å². The average molecular weight is 249 g/mol. The summed E-state index contributed by atoms with van der Waals surface area (Å²) >= 11 is 0. The van der Waals surface area contributed by atoms with Gasteiger partial charge < -0.3 is 15.2 Å². The number of carbonyl (C=O) groups excluding carboxylic acids is 1. The summed E-state index contributed by atoms with van der Waals surface area (Å²) in [6.45, 7) is 0. The summed E-state index contributed by atoms with van der Waals surface area (Å²) in [6, 6.07) is 5.78. The molecule has 1 aromatic rings. The van der Waals surface area contributed by atoms with Gasteiger partial charge in [-0.3, -0.25) is 4.79 Å². The first-order valence-electron chi connectivity index (χ1n) is 5.79. The van der Waals surface area contributed by atoms with Gasteiger partial charge in [0.2, 0.25) is 0 Å². The Morgan fingerprint density at radius 2 is 1.94 bits per heavy atom. The molecular weight excluding hydrogens is 234 g/mol. The van der Waals surface area contributed by atoms with E-state index in [1.165, 1.54) is 0 Å². The molecular formula is C13H15NO4. The zero-order valence-electron chi connectivity index (χ0n) is 10.1. The predicted molar refractivity (Wildman–Crippen MR) is 64.6 cm³/mol. The van der Waals surface area contributed by atoms with Crippen molar-refractivity contribution >= 4 is 11.9 Å². The highest BCUT2D eigenvalue weighted by Crippen LogP contribution is 2.32. The third-order valence-electron chi connectivity index (χ3n) is 3.00. The van der Waals surface area contributed by atoms with Gasteiger partial charge in [0.1, 0.15) is 11.8 Å². The lowest BCUT2D eigenvalue weighted by molar-refractivity contribution is -0.139. The molecule has 1 aromatic carbocycles. The van der Waals surface area contributed by atoms with E-state index in [1.807, 2.05) is 0 Å². The smallest absolute Gasteiger partial charge is 0.326 e. The molecule has 0 aromatic heterocycles. The van der Waals surface area contributed by atoms with Crippen LogP contribution in [0.25, 0.3) is 0 Å². The number of aliphatic carboxylic acids is 1. The number of carboxylic acid groups (broad SMARTS) is 1. The Labute approximate surface area is 105 Å². The zero-order chi connectivity index (χ0) is 13.1. The highest BCUT2D eigenvalue weighted by Gasteiger charge is 2.37. The minimum atomic E-state index is -0.973. The maximum atomic E-state index is 11.9. The molecule has 1 saturated carbocycles. The van der Waals surface area contributed by atoms with E-state index in [0.29, 0.717) is 11.3 Å². The topological polar surface area (TPSA) is 75.6 Å². The fourth-order valence-electron chi connectivity index (χ4n) is 1.78. The van der Waals surface area contributed by atoms with Crippen LogP contribution >= 0.6 is 0 Å². The third kappa shape index (κ3) is 2.80. The van der Waals surface area contributed by atoms with Crippen LogP contribution in [0.15, 0.2) is 24.3 Å². The molecule has 1 aliphatic carbocycles. The van der Waals surface area contributed by atoms with Crippen molar-refractivity contribution in [1.29, 1.82) is 0 Å². The molecule has 1 amide bonds. The number of benzene rings is 1. The summed E-state index contributed by atoms with van der Waals surface area (Å²) in [4.78, 5) is 22.9. The average Bonchev–Trinajstić information content (AvgIpc) is 3.19. The Kier molecular flexibility index (Phi) is 3.50. The molecule has 0 bridgehead atoms. The van der Waals surface area contributed by atoms with E-state index in [1.54, 1.807) is 31.4 Å². The van der Waals surface area contributed by atoms with Gasteiger partial charge in [-0.25, -0.2) is 4.79 Å². The van der Waals surface area contributed by atoms with Crippen LogP contribution < -0.4 is 10.1 Å². The van der Waals surface area contributed by atoms with E-state index in [4.69, 9.17) is 9.84 Å². The molecule has 2 rings (SSSR count). The molecule has 0 aliphatic heterocycles. The summed E-state index contributed by atoms with van der Waals surface area (Å²) in [6.07, 6.45) is 1.72. The second-order valence-corrected chi connectivity index (χ2v) is 4.36. The molecule has 0 heterocycles. The zero-order valence-corrected chi connectivity index (χ0v) is 10.1. The fourth-order valence-corrected chi connectivity index (χ4v) is 1.78. The van der Waals surface area contributed by atoms with Gasteiger partial charge in [-0.1, -0.05) is 0 Å². The maximum Gasteiger partial charge on any atom is 0.326 e. The van der Waals surface area contributed by atoms with Crippen LogP contribution in [-0.4, -0.2) is 30.1 Å². The highest BCUT2D eigenvalue weighted by molar-refractivity contribution is 5.96. The third-order valence-corrected chi connectivity index (χ3v) is 3.00. The number of nitrogens with one attached hydrogen (secondary N) is 1. The van der Waals surface area contributed by atoms with Gasteiger partial charge in [0.15, 0.2) is 0 Å². The molecule has 1 atom stereocenters. The van der Waals surface area contributed by atoms with E-state index >= 15 is 0 Å². The van der Waals surface area contributed by atoms with Crippen LogP contribution in [0.5, 0.6) is 5.75 Å². The molecule has 1 aliphatic rings. The molecule has 2 N–H and O–H groups in total. The summed E-state index contributed by atoms with van der Waals surface area (Å²) in [7, 11) is 1.54. The lowest BCUT2D eigenvalue weighted by atomic mass is 10.1. The van der Waals surface area contributed by atoms with E-state index in [-0.39, 0.29) is 11.8 Å². The van der Waals surface area contributed by atoms with Crippen LogP contribution in [0.4, 0.5) is 0 Å². The van der Waals surface area contributed by atoms with Crippen LogP contribution in [-0.2, 0) is 4.79 Å². The second-order valence-electron chi connectivity index (χ2n) is 4.36. The first kappa shape index (κ1) is 12.4. The predicted octanol–water partition coefficient (Wildman–Crippen LogP) is 1.29. The van der Waals surface area contributed by atoms with Gasteiger partial charge >= 0.3 is 5.97 Å². The standard InChI is InChI=1S/C13H15NO4/c1-18-10-6-4-9(5-7-10)12(15)14-11(13(16)17)8-2-3-8/h4-8,11H,2-3H2,1H3,(H,14,15)(H,16,17)/t11-/m1/s1. The number of rotatable bonds is 5. The first-order chi connectivity index (χ1) is 8.61. The Bertz CT molecular complexity index is 451. The maximum absolute atomic E-state index is 11.9. The highest BCUT2D eigenvalue weighted by atomic mass is 16.5. The Balaban J connectivity index is 2.03. The summed E-state index contributed by atoms with van der Waals surface area (Å²) in [5.41, 5.74) is 0.433. The van der Waals surface area contributed by atoms with E-state index < -0.39 is 12.0 Å². The first-order valence-corrected chi connectivity index (χ1v) is 5.79. The van der Waals surface area contributed by atoms with E-state index in [0.717, 1.165) is 12.8 Å². The lowest BCUT2D eigenvalue weighted by Gasteiger charge is -2.13. The minimum absolute atomic E-state index is 0.0738. The van der Waals surface area contributed by atoms with Crippen molar-refractivity contribution in [2.45, 2.75) is 18.9 Å². The van der Waals surface area contributed by atoms with Crippen LogP contribution in [0.2, 0.25) is 0 Å². The molecule has 1 fully saturated rings. The van der Waals surface area contributed by atoms with Gasteiger partial charge in [0, 0.05) is 5.56 Å². The monoisotopic (exact) mass is 249 g/mol. The van der Waals surface area contributed by atoms with Crippen molar-refractivity contribution in [2.24, 2.45) is 5.92 Å². The lowest BCUT2D eigenvalue weighted by Crippen LogP contribution is -2.42. The van der Waals surface area contributed by atoms with Crippen LogP contribution in [0.1, 0.15) is 23.2 Å². The fraction of sp³-hybridized carbons (Fsp3) is 0.385. The van der Waals surface area contributed by atoms with Gasteiger partial charge in [0.25, 0.3) is 5.91 Å². The van der Waals surface area contributed by atoms with E-state index in [9.17, 15) is 9.59 Å². The van der Waals surface area contributed by atoms with Crippen molar-refractivity contribution in [3.05, 3.63) is 29.8 Å². The number of methoxy groups -OCH3 is 1. The van der Waals surface area contributed by atoms with E-state index in [2.05, 4.69) is 5.32 Å². The second kappa shape index (κ2) is 5.08. The van der Waals surface area contributed by atoms with Crippen LogP contribution in [0.3, 0.4) is 0 Å². The van der Waals surface area contributed by atoms with Crippen molar-refractivity contribution in [2.75, 3.05) is 7.11 Å². The molecule has 0 saturated heterocycles. The normalized spacial score (nSPS) is 15.8. The summed E-state index contributed by atoms with van der Waals surface area (Å²) in [5, 5.41) is 11.6. The van der Waals surface area contributed by atoms with Gasteiger partial charge in [-0.05, 0) is 43.0 Å². The molecule has 0 radical (unpaired) electrons. The largest absolute Gasteiger partial charge is 0.497 e. The SMILES string of the molecule is COc1ccc(C(=O)N[C@@H](C(=O)O)C2CC2)cc1. The Hall–Kier alpha value is -2.04. The quantitative estimate of drug-likeness (QED) is 0.824. The molecule has 0 spiro atoms. The van der Waals surface area contributed by atoms with Gasteiger partial charge in [-0.2, -0.15) is 0 Å². The van der Waals surface area contributed by atoms with Crippen molar-refractivity contribution in [3.8, 4) is 5.75 Å². The number of carbonyl (C=O) groups is 2. The number of amides is 1. The molecule has 96 valence electrons. The molecule has 5 heteroatoms. The number of ether oxygens (including phenoxy) is 1. The van der Waals surface area contributed by atoms with Gasteiger partial charge in [-0.15, -0.1) is 0 Å². The molecule has 18 heavy (non-hydrogen) atoms. The Morgan fingerprint density at radius 1 is 1.33 bits per heavy atom. The Morgan fingerprint density at radius 3 is 2.39 bits per heavy atom. The molecule has 5 nitrogen and oxygen atoms in total. The number of hydrogen-bond donors (Lipinski definition) is 2.